The molecule has 0 atom stereocenters. The van der Waals surface area contributed by atoms with Gasteiger partial charge in [0.15, 0.2) is 0 Å². The summed E-state index contributed by atoms with van der Waals surface area (Å²) < 4.78 is 1.82. The zero-order valence-electron chi connectivity index (χ0n) is 8.42. The van der Waals surface area contributed by atoms with Crippen molar-refractivity contribution in [1.82, 2.24) is 15.0 Å². The van der Waals surface area contributed by atoms with Crippen LogP contribution in [0.15, 0.2) is 42.1 Å². The van der Waals surface area contributed by atoms with Crippen molar-refractivity contribution in [3.8, 4) is 5.69 Å². The molecule has 0 aliphatic heterocycles. The molecule has 0 saturated carbocycles. The molecule has 2 aromatic rings. The number of nitrogens with zero attached hydrogens (tertiary/aromatic N) is 3. The Morgan fingerprint density at radius 2 is 2.07 bits per heavy atom. The van der Waals surface area contributed by atoms with Gasteiger partial charge in [0.05, 0.1) is 11.9 Å². The van der Waals surface area contributed by atoms with Crippen LogP contribution in [0.5, 0.6) is 0 Å². The molecule has 3 nitrogen and oxygen atoms in total. The van der Waals surface area contributed by atoms with Crippen molar-refractivity contribution in [3.05, 3.63) is 42.6 Å². The van der Waals surface area contributed by atoms with E-state index in [9.17, 15) is 0 Å². The summed E-state index contributed by atoms with van der Waals surface area (Å²) in [7, 11) is 0. The predicted molar refractivity (Wildman–Crippen MR) is 63.2 cm³/mol. The van der Waals surface area contributed by atoms with Gasteiger partial charge in [0.1, 0.15) is 5.03 Å². The van der Waals surface area contributed by atoms with Crippen LogP contribution in [0.3, 0.4) is 0 Å². The first-order chi connectivity index (χ1) is 7.35. The second kappa shape index (κ2) is 4.31. The monoisotopic (exact) mass is 217 g/mol. The third-order valence-corrected chi connectivity index (χ3v) is 2.80. The van der Waals surface area contributed by atoms with E-state index in [0.29, 0.717) is 0 Å². The molecule has 0 N–H and O–H groups in total. The normalized spacial score (nSPS) is 10.2. The first-order valence-corrected chi connectivity index (χ1v) is 5.75. The maximum absolute atomic E-state index is 4.03. The summed E-state index contributed by atoms with van der Waals surface area (Å²) in [4.78, 5) is 0. The third-order valence-electron chi connectivity index (χ3n) is 2.10. The summed E-state index contributed by atoms with van der Waals surface area (Å²) in [5.41, 5.74) is 2.12. The predicted octanol–water partition coefficient (Wildman–Crippen LogP) is 2.63. The summed E-state index contributed by atoms with van der Waals surface area (Å²) in [5.74, 6) is 0. The minimum absolute atomic E-state index is 1.02. The van der Waals surface area contributed by atoms with Crippen LogP contribution in [0.25, 0.3) is 11.8 Å². The average molecular weight is 217 g/mol. The molecule has 0 aliphatic rings. The standard InChI is InChI=1S/C11H11N3S/c1-3-9-4-6-10(7-5-9)14-11(15-2)8-12-13-14/h3-8H,1H2,2H3. The van der Waals surface area contributed by atoms with Gasteiger partial charge in [-0.25, -0.2) is 4.68 Å². The molecule has 0 aliphatic carbocycles. The van der Waals surface area contributed by atoms with Crippen LogP contribution < -0.4 is 0 Å². The average Bonchev–Trinajstić information content (AvgIpc) is 2.77. The minimum atomic E-state index is 1.02. The van der Waals surface area contributed by atoms with E-state index in [1.54, 1.807) is 18.0 Å². The molecule has 76 valence electrons. The first kappa shape index (κ1) is 9.98. The summed E-state index contributed by atoms with van der Waals surface area (Å²) in [6, 6.07) is 8.03. The van der Waals surface area contributed by atoms with Crippen molar-refractivity contribution < 1.29 is 0 Å². The molecule has 2 rings (SSSR count). The van der Waals surface area contributed by atoms with Crippen LogP contribution in [0, 0.1) is 0 Å². The highest BCUT2D eigenvalue weighted by Crippen LogP contribution is 2.17. The summed E-state index contributed by atoms with van der Waals surface area (Å²) in [5, 5.41) is 8.95. The van der Waals surface area contributed by atoms with Crippen LogP contribution in [-0.2, 0) is 0 Å². The molecule has 0 spiro atoms. The molecular formula is C11H11N3S. The fourth-order valence-electron chi connectivity index (χ4n) is 1.30. The van der Waals surface area contributed by atoms with Crippen molar-refractivity contribution in [1.29, 1.82) is 0 Å². The van der Waals surface area contributed by atoms with Gasteiger partial charge in [0.25, 0.3) is 0 Å². The molecule has 15 heavy (non-hydrogen) atoms. The Labute approximate surface area is 92.8 Å². The van der Waals surface area contributed by atoms with Crippen LogP contribution in [0.2, 0.25) is 0 Å². The van der Waals surface area contributed by atoms with E-state index >= 15 is 0 Å². The van der Waals surface area contributed by atoms with Gasteiger partial charge in [-0.1, -0.05) is 30.0 Å². The molecular weight excluding hydrogens is 206 g/mol. The van der Waals surface area contributed by atoms with Gasteiger partial charge in [-0.05, 0) is 24.0 Å². The van der Waals surface area contributed by atoms with Crippen molar-refractivity contribution in [2.45, 2.75) is 5.03 Å². The number of hydrogen-bond donors (Lipinski definition) is 0. The molecule has 1 aromatic carbocycles. The number of rotatable bonds is 3. The van der Waals surface area contributed by atoms with Crippen LogP contribution in [0.4, 0.5) is 0 Å². The van der Waals surface area contributed by atoms with Crippen molar-refractivity contribution in [2.75, 3.05) is 6.26 Å². The Morgan fingerprint density at radius 3 is 2.67 bits per heavy atom. The van der Waals surface area contributed by atoms with Gasteiger partial charge in [0, 0.05) is 0 Å². The van der Waals surface area contributed by atoms with Gasteiger partial charge in [0.2, 0.25) is 0 Å². The maximum Gasteiger partial charge on any atom is 0.120 e. The fraction of sp³-hybridized carbons (Fsp3) is 0.0909. The number of benzene rings is 1. The Kier molecular flexibility index (Phi) is 2.87. The molecule has 1 aromatic heterocycles. The molecule has 0 amide bonds. The molecule has 1 heterocycles. The van der Waals surface area contributed by atoms with E-state index in [1.807, 2.05) is 41.3 Å². The smallest absolute Gasteiger partial charge is 0.120 e. The Bertz CT molecular complexity index is 459. The topological polar surface area (TPSA) is 30.7 Å². The summed E-state index contributed by atoms with van der Waals surface area (Å²) in [6.45, 7) is 3.72. The lowest BCUT2D eigenvalue weighted by Gasteiger charge is -2.03. The maximum atomic E-state index is 4.03. The van der Waals surface area contributed by atoms with Crippen LogP contribution in [-0.4, -0.2) is 21.2 Å². The number of thioether (sulfide) groups is 1. The van der Waals surface area contributed by atoms with Crippen molar-refractivity contribution in [3.63, 3.8) is 0 Å². The SMILES string of the molecule is C=Cc1ccc(-n2nncc2SC)cc1. The van der Waals surface area contributed by atoms with Crippen molar-refractivity contribution >= 4 is 17.8 Å². The van der Waals surface area contributed by atoms with Crippen LogP contribution >= 0.6 is 11.8 Å². The summed E-state index contributed by atoms with van der Waals surface area (Å²) >= 11 is 1.62. The lowest BCUT2D eigenvalue weighted by Crippen LogP contribution is -1.97. The second-order valence-electron chi connectivity index (χ2n) is 2.98. The first-order valence-electron chi connectivity index (χ1n) is 4.52. The van der Waals surface area contributed by atoms with Gasteiger partial charge in [-0.15, -0.1) is 16.9 Å². The van der Waals surface area contributed by atoms with E-state index in [-0.39, 0.29) is 0 Å². The molecule has 0 saturated heterocycles. The molecule has 4 heteroatoms. The van der Waals surface area contributed by atoms with E-state index in [1.165, 1.54) is 0 Å². The van der Waals surface area contributed by atoms with Crippen molar-refractivity contribution in [2.24, 2.45) is 0 Å². The largest absolute Gasteiger partial charge is 0.207 e. The third kappa shape index (κ3) is 1.94. The quantitative estimate of drug-likeness (QED) is 0.740. The highest BCUT2D eigenvalue weighted by atomic mass is 32.2. The lowest BCUT2D eigenvalue weighted by atomic mass is 10.2. The molecule has 0 fully saturated rings. The molecule has 0 unspecified atom stereocenters. The zero-order chi connectivity index (χ0) is 10.7. The minimum Gasteiger partial charge on any atom is -0.207 e. The van der Waals surface area contributed by atoms with E-state index in [0.717, 1.165) is 16.3 Å². The van der Waals surface area contributed by atoms with Gasteiger partial charge < -0.3 is 0 Å². The van der Waals surface area contributed by atoms with E-state index in [4.69, 9.17) is 0 Å². The Morgan fingerprint density at radius 1 is 1.33 bits per heavy atom. The molecule has 0 radical (unpaired) electrons. The molecule has 0 bridgehead atoms. The highest BCUT2D eigenvalue weighted by Gasteiger charge is 2.03. The second-order valence-corrected chi connectivity index (χ2v) is 3.81. The fourth-order valence-corrected chi connectivity index (χ4v) is 1.76. The Balaban J connectivity index is 2.41. The van der Waals surface area contributed by atoms with Gasteiger partial charge in [-0.2, -0.15) is 0 Å². The number of hydrogen-bond acceptors (Lipinski definition) is 3. The zero-order valence-corrected chi connectivity index (χ0v) is 9.24. The van der Waals surface area contributed by atoms with Gasteiger partial charge in [-0.3, -0.25) is 0 Å². The van der Waals surface area contributed by atoms with Gasteiger partial charge >= 0.3 is 0 Å². The van der Waals surface area contributed by atoms with E-state index in [2.05, 4.69) is 16.9 Å². The number of aromatic nitrogens is 3. The summed E-state index contributed by atoms with van der Waals surface area (Å²) in [6.07, 6.45) is 5.58. The van der Waals surface area contributed by atoms with Crippen LogP contribution in [0.1, 0.15) is 5.56 Å². The lowest BCUT2D eigenvalue weighted by molar-refractivity contribution is 0.757. The highest BCUT2D eigenvalue weighted by molar-refractivity contribution is 7.98. The van der Waals surface area contributed by atoms with E-state index < -0.39 is 0 Å². The Hall–Kier alpha value is -1.55.